The van der Waals surface area contributed by atoms with Crippen LogP contribution in [-0.2, 0) is 11.1 Å². The van der Waals surface area contributed by atoms with E-state index in [1.807, 2.05) is 66.7 Å². The molecule has 0 fully saturated rings. The first kappa shape index (κ1) is 15.2. The molecule has 1 heterocycles. The lowest BCUT2D eigenvalue weighted by Gasteiger charge is -2.46. The van der Waals surface area contributed by atoms with Crippen LogP contribution in [0.3, 0.4) is 0 Å². The Kier molecular flexibility index (Phi) is 3.16. The number of hydrogen-bond donors (Lipinski definition) is 0. The van der Waals surface area contributed by atoms with Crippen molar-refractivity contribution in [3.8, 4) is 0 Å². The molecule has 1 aliphatic heterocycles. The Hall–Kier alpha value is -1.19. The summed E-state index contributed by atoms with van der Waals surface area (Å²) in [5.74, 6) is 0.109. The summed E-state index contributed by atoms with van der Waals surface area (Å²) in [6, 6.07) is 5.69. The zero-order valence-electron chi connectivity index (χ0n) is 13.5. The number of fused-ring (bicyclic) bond motifs is 1. The molecule has 2 rings (SSSR count). The van der Waals surface area contributed by atoms with E-state index in [1.54, 1.807) is 0 Å². The predicted octanol–water partition coefficient (Wildman–Crippen LogP) is 4.20. The van der Waals surface area contributed by atoms with Gasteiger partial charge in [-0.05, 0) is 44.9 Å². The number of ketones is 1. The molecule has 0 radical (unpaired) electrons. The molecule has 110 valence electrons. The number of carbonyl (C=O) groups is 1. The van der Waals surface area contributed by atoms with Gasteiger partial charge in [0, 0.05) is 22.1 Å². The molecule has 1 aromatic carbocycles. The van der Waals surface area contributed by atoms with Crippen LogP contribution in [0.5, 0.6) is 0 Å². The largest absolute Gasteiger partial charge is 0.784 e. The van der Waals surface area contributed by atoms with Crippen LogP contribution in [0.15, 0.2) is 18.2 Å². The number of benzene rings is 1. The smallest absolute Gasteiger partial charge is 0.168 e. The van der Waals surface area contributed by atoms with Crippen LogP contribution in [0.1, 0.15) is 70.0 Å². The van der Waals surface area contributed by atoms with Gasteiger partial charge in [-0.2, -0.15) is 0 Å². The van der Waals surface area contributed by atoms with E-state index in [0.717, 1.165) is 16.2 Å². The van der Waals surface area contributed by atoms with E-state index in [2.05, 4.69) is 0 Å². The lowest BCUT2D eigenvalue weighted by atomic mass is 9.83. The summed E-state index contributed by atoms with van der Waals surface area (Å²) >= 11 is 0. The van der Waals surface area contributed by atoms with Crippen molar-refractivity contribution in [3.05, 3.63) is 40.1 Å². The van der Waals surface area contributed by atoms with Crippen LogP contribution in [0.25, 0.3) is 0 Å². The molecule has 0 N–H and O–H groups in total. The number of carbonyl (C=O) groups excluding carboxylic acids is 1. The van der Waals surface area contributed by atoms with Crippen LogP contribution in [-0.4, -0.2) is 10.8 Å². The molecule has 3 heteroatoms. The van der Waals surface area contributed by atoms with Gasteiger partial charge in [0.1, 0.15) is 0 Å². The molecule has 0 atom stereocenters. The maximum absolute atomic E-state index is 12.5. The van der Waals surface area contributed by atoms with Crippen LogP contribution < -0.4 is 0 Å². The first-order chi connectivity index (χ1) is 8.90. The molecule has 0 unspecified atom stereocenters. The standard InChI is InChI=1S/C17H24NO2/c1-15(2,3)14(19)11-8-9-12-13(10-11)17(6,7)18(20)16(12,4)5/h8-10H,1-7H3/q-1. The van der Waals surface area contributed by atoms with Gasteiger partial charge >= 0.3 is 0 Å². The van der Waals surface area contributed by atoms with E-state index < -0.39 is 16.5 Å². The molecule has 0 saturated heterocycles. The van der Waals surface area contributed by atoms with Gasteiger partial charge in [0.15, 0.2) is 5.78 Å². The minimum Gasteiger partial charge on any atom is -0.784 e. The third kappa shape index (κ3) is 2.00. The number of nitrogens with zero attached hydrogens (tertiary/aromatic N) is 1. The maximum atomic E-state index is 12.5. The van der Waals surface area contributed by atoms with Crippen molar-refractivity contribution in [2.45, 2.75) is 59.5 Å². The fourth-order valence-electron chi connectivity index (χ4n) is 3.08. The van der Waals surface area contributed by atoms with E-state index in [4.69, 9.17) is 0 Å². The summed E-state index contributed by atoms with van der Waals surface area (Å²) in [7, 11) is 0. The van der Waals surface area contributed by atoms with Crippen LogP contribution in [0.4, 0.5) is 0 Å². The lowest BCUT2D eigenvalue weighted by molar-refractivity contribution is 0.0858. The summed E-state index contributed by atoms with van der Waals surface area (Å²) < 4.78 is 0. The topological polar surface area (TPSA) is 43.4 Å². The van der Waals surface area contributed by atoms with Crippen molar-refractivity contribution in [3.63, 3.8) is 0 Å². The molecule has 0 spiro atoms. The quantitative estimate of drug-likeness (QED) is 0.721. The van der Waals surface area contributed by atoms with E-state index >= 15 is 0 Å². The average molecular weight is 274 g/mol. The van der Waals surface area contributed by atoms with Crippen molar-refractivity contribution in [1.29, 1.82) is 0 Å². The van der Waals surface area contributed by atoms with E-state index in [9.17, 15) is 10.0 Å². The highest BCUT2D eigenvalue weighted by atomic mass is 16.5. The highest BCUT2D eigenvalue weighted by molar-refractivity contribution is 6.00. The Bertz CT molecular complexity index is 565. The summed E-state index contributed by atoms with van der Waals surface area (Å²) in [6.07, 6.45) is 0. The van der Waals surface area contributed by atoms with Crippen molar-refractivity contribution in [2.24, 2.45) is 5.41 Å². The molecular formula is C17H24NO2-. The van der Waals surface area contributed by atoms with Crippen molar-refractivity contribution >= 4 is 5.78 Å². The maximum Gasteiger partial charge on any atom is 0.168 e. The Balaban J connectivity index is 2.60. The molecule has 0 bridgehead atoms. The third-order valence-electron chi connectivity index (χ3n) is 4.30. The Morgan fingerprint density at radius 1 is 1.05 bits per heavy atom. The monoisotopic (exact) mass is 274 g/mol. The molecule has 0 aliphatic carbocycles. The van der Waals surface area contributed by atoms with Crippen LogP contribution in [0.2, 0.25) is 0 Å². The van der Waals surface area contributed by atoms with E-state index in [1.165, 1.54) is 0 Å². The summed E-state index contributed by atoms with van der Waals surface area (Å²) in [6.45, 7) is 13.4. The van der Waals surface area contributed by atoms with Gasteiger partial charge in [-0.3, -0.25) is 4.79 Å². The van der Waals surface area contributed by atoms with Gasteiger partial charge in [-0.15, -0.1) is 0 Å². The molecule has 20 heavy (non-hydrogen) atoms. The number of rotatable bonds is 1. The molecule has 0 amide bonds. The first-order valence-electron chi connectivity index (χ1n) is 7.07. The minimum absolute atomic E-state index is 0.109. The first-order valence-corrected chi connectivity index (χ1v) is 7.07. The van der Waals surface area contributed by atoms with Crippen LogP contribution in [0, 0.1) is 10.6 Å². The Labute approximate surface area is 121 Å². The Morgan fingerprint density at radius 3 is 2.05 bits per heavy atom. The normalized spacial score (nSPS) is 20.8. The van der Waals surface area contributed by atoms with Crippen LogP contribution >= 0.6 is 0 Å². The van der Waals surface area contributed by atoms with Crippen molar-refractivity contribution < 1.29 is 4.79 Å². The summed E-state index contributed by atoms with van der Waals surface area (Å²) in [5.41, 5.74) is 1.10. The van der Waals surface area contributed by atoms with E-state index in [0.29, 0.717) is 5.56 Å². The zero-order chi connectivity index (χ0) is 15.5. The predicted molar refractivity (Wildman–Crippen MR) is 81.5 cm³/mol. The molecule has 0 aromatic heterocycles. The van der Waals surface area contributed by atoms with Gasteiger partial charge < -0.3 is 10.3 Å². The average Bonchev–Trinajstić information content (AvgIpc) is 2.46. The second-order valence-electron chi connectivity index (χ2n) is 7.75. The fourth-order valence-corrected chi connectivity index (χ4v) is 3.08. The fraction of sp³-hybridized carbons (Fsp3) is 0.588. The summed E-state index contributed by atoms with van der Waals surface area (Å²) in [4.78, 5) is 12.4. The second-order valence-corrected chi connectivity index (χ2v) is 7.75. The van der Waals surface area contributed by atoms with Gasteiger partial charge in [0.2, 0.25) is 0 Å². The lowest BCUT2D eigenvalue weighted by Crippen LogP contribution is -2.40. The Morgan fingerprint density at radius 2 is 1.55 bits per heavy atom. The molecule has 3 nitrogen and oxygen atoms in total. The van der Waals surface area contributed by atoms with Gasteiger partial charge in [0.25, 0.3) is 0 Å². The SMILES string of the molecule is CC(C)(C)C(=O)c1ccc2c(c1)C(C)(C)N([O-])C2(C)C. The van der Waals surface area contributed by atoms with Gasteiger partial charge in [-0.1, -0.05) is 32.9 Å². The zero-order valence-corrected chi connectivity index (χ0v) is 13.5. The van der Waals surface area contributed by atoms with Gasteiger partial charge in [-0.25, -0.2) is 0 Å². The molecule has 1 aromatic rings. The van der Waals surface area contributed by atoms with Gasteiger partial charge in [0.05, 0.1) is 0 Å². The molecule has 0 saturated carbocycles. The number of Topliss-reactive ketones (excluding diaryl/α,β-unsaturated/α-hetero) is 1. The minimum atomic E-state index is -0.604. The highest BCUT2D eigenvalue weighted by Crippen LogP contribution is 2.48. The summed E-state index contributed by atoms with van der Waals surface area (Å²) in [5, 5.41) is 13.7. The number of hydrogen-bond acceptors (Lipinski definition) is 3. The molecular weight excluding hydrogens is 250 g/mol. The molecule has 1 aliphatic rings. The van der Waals surface area contributed by atoms with E-state index in [-0.39, 0.29) is 5.78 Å². The van der Waals surface area contributed by atoms with Crippen molar-refractivity contribution in [2.75, 3.05) is 0 Å². The number of hydroxylamine groups is 2. The second kappa shape index (κ2) is 4.15. The third-order valence-corrected chi connectivity index (χ3v) is 4.30. The highest BCUT2D eigenvalue weighted by Gasteiger charge is 2.44. The van der Waals surface area contributed by atoms with Crippen molar-refractivity contribution in [1.82, 2.24) is 5.06 Å².